The Balaban J connectivity index is 2.23. The van der Waals surface area contributed by atoms with Gasteiger partial charge in [0.25, 0.3) is 0 Å². The van der Waals surface area contributed by atoms with Gasteiger partial charge in [0.2, 0.25) is 5.95 Å². The van der Waals surface area contributed by atoms with E-state index in [9.17, 15) is 0 Å². The first-order valence-electron chi connectivity index (χ1n) is 6.72. The first-order valence-corrected chi connectivity index (χ1v) is 7.13. The lowest BCUT2D eigenvalue weighted by Crippen LogP contribution is -2.28. The van der Waals surface area contributed by atoms with Crippen molar-refractivity contribution in [2.24, 2.45) is 11.3 Å². The average molecular weight is 268 g/mol. The highest BCUT2D eigenvalue weighted by atomic mass is 32.1. The van der Waals surface area contributed by atoms with Gasteiger partial charge in [0.1, 0.15) is 0 Å². The predicted molar refractivity (Wildman–Crippen MR) is 77.6 cm³/mol. The molecule has 1 aromatic heterocycles. The van der Waals surface area contributed by atoms with Gasteiger partial charge in [-0.3, -0.25) is 4.57 Å². The lowest BCUT2D eigenvalue weighted by Gasteiger charge is -2.27. The van der Waals surface area contributed by atoms with E-state index < -0.39 is 0 Å². The van der Waals surface area contributed by atoms with E-state index >= 15 is 0 Å². The molecule has 1 aliphatic heterocycles. The summed E-state index contributed by atoms with van der Waals surface area (Å²) in [4.78, 5) is 2.36. The molecule has 1 unspecified atom stereocenters. The third-order valence-corrected chi connectivity index (χ3v) is 4.19. The van der Waals surface area contributed by atoms with Gasteiger partial charge in [0, 0.05) is 19.1 Å². The Kier molecular flexibility index (Phi) is 3.54. The van der Waals surface area contributed by atoms with Crippen LogP contribution in [-0.2, 0) is 0 Å². The zero-order chi connectivity index (χ0) is 13.5. The first kappa shape index (κ1) is 13.6. The number of rotatable bonds is 2. The molecule has 2 rings (SSSR count). The predicted octanol–water partition coefficient (Wildman–Crippen LogP) is 3.39. The zero-order valence-electron chi connectivity index (χ0n) is 12.0. The summed E-state index contributed by atoms with van der Waals surface area (Å²) in [5, 5.41) is 7.33. The maximum absolute atomic E-state index is 5.31. The number of aromatic amines is 1. The molecule has 102 valence electrons. The van der Waals surface area contributed by atoms with E-state index in [0.29, 0.717) is 11.5 Å². The Bertz CT molecular complexity index is 466. The molecule has 0 amide bonds. The van der Waals surface area contributed by atoms with Crippen LogP contribution in [0.2, 0.25) is 0 Å². The molecule has 0 radical (unpaired) electrons. The van der Waals surface area contributed by atoms with Crippen molar-refractivity contribution < 1.29 is 0 Å². The van der Waals surface area contributed by atoms with Gasteiger partial charge in [-0.05, 0) is 43.8 Å². The van der Waals surface area contributed by atoms with Crippen LogP contribution in [0.3, 0.4) is 0 Å². The minimum Gasteiger partial charge on any atom is -0.341 e. The minimum absolute atomic E-state index is 0.347. The van der Waals surface area contributed by atoms with Crippen molar-refractivity contribution in [1.82, 2.24) is 14.8 Å². The number of nitrogens with zero attached hydrogens (tertiary/aromatic N) is 3. The molecular formula is C13H24N4S. The van der Waals surface area contributed by atoms with Crippen LogP contribution in [-0.4, -0.2) is 27.9 Å². The topological polar surface area (TPSA) is 36.9 Å². The van der Waals surface area contributed by atoms with E-state index in [-0.39, 0.29) is 0 Å². The van der Waals surface area contributed by atoms with Gasteiger partial charge >= 0.3 is 0 Å². The van der Waals surface area contributed by atoms with Crippen molar-refractivity contribution in [3.8, 4) is 0 Å². The monoisotopic (exact) mass is 268 g/mol. The van der Waals surface area contributed by atoms with Crippen molar-refractivity contribution in [3.63, 3.8) is 0 Å². The zero-order valence-corrected chi connectivity index (χ0v) is 12.8. The number of H-pyrrole nitrogens is 1. The molecule has 2 heterocycles. The van der Waals surface area contributed by atoms with E-state index in [1.807, 2.05) is 0 Å². The highest BCUT2D eigenvalue weighted by Gasteiger charge is 2.33. The Morgan fingerprint density at radius 2 is 2.06 bits per heavy atom. The molecule has 1 fully saturated rings. The van der Waals surface area contributed by atoms with E-state index in [1.54, 1.807) is 0 Å². The number of hydrogen-bond donors (Lipinski definition) is 1. The fourth-order valence-electron chi connectivity index (χ4n) is 2.63. The molecule has 1 aliphatic rings. The van der Waals surface area contributed by atoms with Gasteiger partial charge in [-0.25, -0.2) is 5.10 Å². The minimum atomic E-state index is 0.347. The SMILES string of the molecule is CC(C)n1c(N2CCC(C(C)(C)C)C2)n[nH]c1=S. The molecule has 0 aromatic carbocycles. The number of anilines is 1. The van der Waals surface area contributed by atoms with Crippen LogP contribution in [0.5, 0.6) is 0 Å². The molecule has 18 heavy (non-hydrogen) atoms. The summed E-state index contributed by atoms with van der Waals surface area (Å²) in [5.41, 5.74) is 0.366. The molecule has 0 aliphatic carbocycles. The quantitative estimate of drug-likeness (QED) is 0.835. The molecule has 5 heteroatoms. The summed E-state index contributed by atoms with van der Waals surface area (Å²) in [5.74, 6) is 1.73. The highest BCUT2D eigenvalue weighted by molar-refractivity contribution is 7.71. The Hall–Kier alpha value is -0.840. The smallest absolute Gasteiger partial charge is 0.225 e. The van der Waals surface area contributed by atoms with Crippen LogP contribution in [0.4, 0.5) is 5.95 Å². The molecule has 1 aromatic rings. The van der Waals surface area contributed by atoms with Crippen LogP contribution in [0, 0.1) is 16.1 Å². The van der Waals surface area contributed by atoms with Gasteiger partial charge in [-0.1, -0.05) is 20.8 Å². The summed E-state index contributed by atoms with van der Waals surface area (Å²) in [6.07, 6.45) is 1.24. The van der Waals surface area contributed by atoms with Crippen LogP contribution in [0.15, 0.2) is 0 Å². The maximum Gasteiger partial charge on any atom is 0.225 e. The van der Waals surface area contributed by atoms with Gasteiger partial charge in [-0.15, -0.1) is 5.10 Å². The Labute approximate surface area is 114 Å². The maximum atomic E-state index is 5.31. The third kappa shape index (κ3) is 2.46. The van der Waals surface area contributed by atoms with Gasteiger partial charge in [0.05, 0.1) is 0 Å². The largest absolute Gasteiger partial charge is 0.341 e. The van der Waals surface area contributed by atoms with Gasteiger partial charge in [0.15, 0.2) is 4.77 Å². The average Bonchev–Trinajstić information content (AvgIpc) is 2.81. The molecule has 4 nitrogen and oxygen atoms in total. The third-order valence-electron chi connectivity index (χ3n) is 3.90. The van der Waals surface area contributed by atoms with E-state index in [1.165, 1.54) is 6.42 Å². The summed E-state index contributed by atoms with van der Waals surface area (Å²) >= 11 is 5.31. The second-order valence-electron chi connectivity index (χ2n) is 6.59. The highest BCUT2D eigenvalue weighted by Crippen LogP contribution is 2.35. The standard InChI is InChI=1S/C13H24N4S/c1-9(2)17-11(14-15-12(17)18)16-7-6-10(8-16)13(3,4)5/h9-10H,6-8H2,1-5H3,(H,15,18). The Morgan fingerprint density at radius 3 is 2.56 bits per heavy atom. The number of hydrogen-bond acceptors (Lipinski definition) is 3. The van der Waals surface area contributed by atoms with Crippen molar-refractivity contribution in [2.45, 2.75) is 47.1 Å². The number of nitrogens with one attached hydrogen (secondary N) is 1. The van der Waals surface area contributed by atoms with Crippen molar-refractivity contribution >= 4 is 18.2 Å². The molecule has 1 saturated heterocycles. The molecule has 1 N–H and O–H groups in total. The summed E-state index contributed by atoms with van der Waals surface area (Å²) in [6.45, 7) is 13.4. The fourth-order valence-corrected chi connectivity index (χ4v) is 2.97. The van der Waals surface area contributed by atoms with E-state index in [4.69, 9.17) is 12.2 Å². The number of aromatic nitrogens is 3. The van der Waals surface area contributed by atoms with Crippen molar-refractivity contribution in [2.75, 3.05) is 18.0 Å². The van der Waals surface area contributed by atoms with Crippen molar-refractivity contribution in [1.29, 1.82) is 0 Å². The van der Waals surface area contributed by atoms with Crippen LogP contribution < -0.4 is 4.90 Å². The summed E-state index contributed by atoms with van der Waals surface area (Å²) in [6, 6.07) is 0.347. The van der Waals surface area contributed by atoms with E-state index in [2.05, 4.69) is 54.3 Å². The Morgan fingerprint density at radius 1 is 1.39 bits per heavy atom. The summed E-state index contributed by atoms with van der Waals surface area (Å²) in [7, 11) is 0. The molecular weight excluding hydrogens is 244 g/mol. The first-order chi connectivity index (χ1) is 8.30. The molecule has 0 saturated carbocycles. The normalized spacial score (nSPS) is 21.0. The van der Waals surface area contributed by atoms with Gasteiger partial charge < -0.3 is 4.90 Å². The molecule has 0 spiro atoms. The van der Waals surface area contributed by atoms with Crippen LogP contribution >= 0.6 is 12.2 Å². The second kappa shape index (κ2) is 4.68. The molecule has 1 atom stereocenters. The molecule has 0 bridgehead atoms. The van der Waals surface area contributed by atoms with Gasteiger partial charge in [-0.2, -0.15) is 0 Å². The lowest BCUT2D eigenvalue weighted by molar-refractivity contribution is 0.263. The van der Waals surface area contributed by atoms with Crippen LogP contribution in [0.25, 0.3) is 0 Å². The fraction of sp³-hybridized carbons (Fsp3) is 0.846. The van der Waals surface area contributed by atoms with Crippen LogP contribution in [0.1, 0.15) is 47.1 Å². The second-order valence-corrected chi connectivity index (χ2v) is 6.98. The van der Waals surface area contributed by atoms with Crippen molar-refractivity contribution in [3.05, 3.63) is 4.77 Å². The summed E-state index contributed by atoms with van der Waals surface area (Å²) < 4.78 is 2.83. The lowest BCUT2D eigenvalue weighted by atomic mass is 9.80. The van der Waals surface area contributed by atoms with E-state index in [0.717, 1.165) is 29.7 Å².